The van der Waals surface area contributed by atoms with Crippen LogP contribution < -0.4 is 11.1 Å². The molecule has 0 aromatic heterocycles. The largest absolute Gasteiger partial charge is 0.396 e. The van der Waals surface area contributed by atoms with Gasteiger partial charge in [-0.2, -0.15) is 0 Å². The molecule has 1 rings (SSSR count). The first kappa shape index (κ1) is 15.6. The lowest BCUT2D eigenvalue weighted by atomic mass is 10.2. The highest BCUT2D eigenvalue weighted by atomic mass is 32.2. The molecule has 2 atom stereocenters. The molecule has 1 aromatic rings. The summed E-state index contributed by atoms with van der Waals surface area (Å²) in [6.45, 7) is 5.77. The number of rotatable bonds is 5. The zero-order valence-corrected chi connectivity index (χ0v) is 12.1. The van der Waals surface area contributed by atoms with Crippen molar-refractivity contribution in [3.8, 4) is 0 Å². The Bertz CT molecular complexity index is 492. The van der Waals surface area contributed by atoms with Crippen LogP contribution in [0, 0.1) is 11.7 Å². The lowest BCUT2D eigenvalue weighted by Crippen LogP contribution is -2.27. The minimum absolute atomic E-state index is 0.0329. The van der Waals surface area contributed by atoms with Crippen LogP contribution in [0.1, 0.15) is 20.8 Å². The van der Waals surface area contributed by atoms with Crippen molar-refractivity contribution in [2.45, 2.75) is 26.0 Å². The molecule has 1 aromatic carbocycles. The molecular formula is C13H19FN2O2S. The summed E-state index contributed by atoms with van der Waals surface area (Å²) in [6.07, 6.45) is 0. The van der Waals surface area contributed by atoms with Crippen LogP contribution in [0.15, 0.2) is 18.2 Å². The molecule has 106 valence electrons. The summed E-state index contributed by atoms with van der Waals surface area (Å²) in [7, 11) is -1.23. The number of hydrogen-bond donors (Lipinski definition) is 2. The normalized spacial score (nSPS) is 14.2. The van der Waals surface area contributed by atoms with Crippen molar-refractivity contribution in [2.75, 3.05) is 16.8 Å². The fourth-order valence-electron chi connectivity index (χ4n) is 1.38. The highest BCUT2D eigenvalue weighted by Crippen LogP contribution is 2.16. The van der Waals surface area contributed by atoms with Gasteiger partial charge in [0.1, 0.15) is 11.6 Å². The highest BCUT2D eigenvalue weighted by Gasteiger charge is 2.18. The van der Waals surface area contributed by atoms with Crippen LogP contribution in [0.25, 0.3) is 0 Å². The van der Waals surface area contributed by atoms with Crippen LogP contribution in [0.2, 0.25) is 0 Å². The molecule has 0 aliphatic heterocycles. The van der Waals surface area contributed by atoms with E-state index in [4.69, 9.17) is 5.73 Å². The molecule has 0 saturated carbocycles. The molecule has 3 N–H and O–H groups in total. The fraction of sp³-hybridized carbons (Fsp3) is 0.462. The summed E-state index contributed by atoms with van der Waals surface area (Å²) >= 11 is 0. The minimum Gasteiger partial charge on any atom is -0.396 e. The SMILES string of the molecule is CC(C)C(C)S(=O)CC(=O)Nc1ccc(F)c(N)c1. The van der Waals surface area contributed by atoms with Gasteiger partial charge in [-0.1, -0.05) is 20.8 Å². The molecule has 6 heteroatoms. The summed E-state index contributed by atoms with van der Waals surface area (Å²) in [5.74, 6) is -0.724. The van der Waals surface area contributed by atoms with Gasteiger partial charge in [-0.05, 0) is 24.1 Å². The number of nitrogens with one attached hydrogen (secondary N) is 1. The van der Waals surface area contributed by atoms with Gasteiger partial charge >= 0.3 is 0 Å². The number of anilines is 2. The summed E-state index contributed by atoms with van der Waals surface area (Å²) in [4.78, 5) is 11.7. The zero-order valence-electron chi connectivity index (χ0n) is 11.3. The molecule has 2 unspecified atom stereocenters. The second-order valence-electron chi connectivity index (χ2n) is 4.76. The number of carbonyl (C=O) groups excluding carboxylic acids is 1. The third kappa shape index (κ3) is 4.63. The van der Waals surface area contributed by atoms with Gasteiger partial charge in [0.15, 0.2) is 0 Å². The van der Waals surface area contributed by atoms with Crippen LogP contribution in [-0.2, 0) is 15.6 Å². The predicted molar refractivity (Wildman–Crippen MR) is 76.8 cm³/mol. The Kier molecular flexibility index (Phi) is 5.47. The van der Waals surface area contributed by atoms with Crippen LogP contribution in [-0.4, -0.2) is 21.1 Å². The van der Waals surface area contributed by atoms with Gasteiger partial charge < -0.3 is 11.1 Å². The van der Waals surface area contributed by atoms with Gasteiger partial charge in [0.25, 0.3) is 0 Å². The van der Waals surface area contributed by atoms with Crippen molar-refractivity contribution >= 4 is 28.1 Å². The number of benzene rings is 1. The van der Waals surface area contributed by atoms with Crippen molar-refractivity contribution in [2.24, 2.45) is 5.92 Å². The molecule has 4 nitrogen and oxygen atoms in total. The number of hydrogen-bond acceptors (Lipinski definition) is 3. The van der Waals surface area contributed by atoms with Crippen molar-refractivity contribution in [3.63, 3.8) is 0 Å². The first-order valence-electron chi connectivity index (χ1n) is 6.03. The Labute approximate surface area is 115 Å². The Morgan fingerprint density at radius 2 is 2.05 bits per heavy atom. The van der Waals surface area contributed by atoms with E-state index in [1.54, 1.807) is 0 Å². The summed E-state index contributed by atoms with van der Waals surface area (Å²) in [6, 6.07) is 3.93. The minimum atomic E-state index is -1.23. The van der Waals surface area contributed by atoms with Crippen molar-refractivity contribution < 1.29 is 13.4 Å². The van der Waals surface area contributed by atoms with Crippen molar-refractivity contribution in [1.82, 2.24) is 0 Å². The maximum absolute atomic E-state index is 13.0. The molecule has 0 aliphatic rings. The van der Waals surface area contributed by atoms with Crippen molar-refractivity contribution in [1.29, 1.82) is 0 Å². The average Bonchev–Trinajstić information content (AvgIpc) is 2.32. The molecule has 0 spiro atoms. The molecule has 0 radical (unpaired) electrons. The Balaban J connectivity index is 2.60. The maximum Gasteiger partial charge on any atom is 0.237 e. The standard InChI is InChI=1S/C13H19FN2O2S/c1-8(2)9(3)19(18)7-13(17)16-10-4-5-11(14)12(15)6-10/h4-6,8-9H,7,15H2,1-3H3,(H,16,17). The van der Waals surface area contributed by atoms with Crippen LogP contribution in [0.4, 0.5) is 15.8 Å². The molecule has 0 fully saturated rings. The van der Waals surface area contributed by atoms with Gasteiger partial charge in [0, 0.05) is 21.7 Å². The van der Waals surface area contributed by atoms with E-state index in [9.17, 15) is 13.4 Å². The topological polar surface area (TPSA) is 72.2 Å². The zero-order chi connectivity index (χ0) is 14.6. The Morgan fingerprint density at radius 1 is 1.42 bits per heavy atom. The van der Waals surface area contributed by atoms with E-state index < -0.39 is 16.6 Å². The number of nitrogens with two attached hydrogens (primary N) is 1. The van der Waals surface area contributed by atoms with Gasteiger partial charge in [0.2, 0.25) is 5.91 Å². The van der Waals surface area contributed by atoms with Gasteiger partial charge in [-0.15, -0.1) is 0 Å². The van der Waals surface area contributed by atoms with Crippen LogP contribution >= 0.6 is 0 Å². The second-order valence-corrected chi connectivity index (χ2v) is 6.55. The fourth-order valence-corrected chi connectivity index (χ4v) is 2.58. The molecular weight excluding hydrogens is 267 g/mol. The maximum atomic E-state index is 13.0. The molecule has 1 amide bonds. The van der Waals surface area contributed by atoms with Gasteiger partial charge in [-0.25, -0.2) is 4.39 Å². The molecule has 0 heterocycles. The predicted octanol–water partition coefficient (Wildman–Crippen LogP) is 2.14. The Morgan fingerprint density at radius 3 is 2.58 bits per heavy atom. The highest BCUT2D eigenvalue weighted by molar-refractivity contribution is 7.86. The van der Waals surface area contributed by atoms with Crippen LogP contribution in [0.3, 0.4) is 0 Å². The Hall–Kier alpha value is -1.43. The van der Waals surface area contributed by atoms with Crippen molar-refractivity contribution in [3.05, 3.63) is 24.0 Å². The first-order chi connectivity index (χ1) is 8.81. The van der Waals surface area contributed by atoms with Gasteiger partial charge in [0.05, 0.1) is 5.69 Å². The number of amides is 1. The number of halogens is 1. The van der Waals surface area contributed by atoms with E-state index in [-0.39, 0.29) is 28.5 Å². The summed E-state index contributed by atoms with van der Waals surface area (Å²) < 4.78 is 24.8. The van der Waals surface area contributed by atoms with E-state index >= 15 is 0 Å². The lowest BCUT2D eigenvalue weighted by molar-refractivity contribution is -0.113. The van der Waals surface area contributed by atoms with Crippen LogP contribution in [0.5, 0.6) is 0 Å². The smallest absolute Gasteiger partial charge is 0.237 e. The summed E-state index contributed by atoms with van der Waals surface area (Å²) in [5.41, 5.74) is 5.77. The number of nitrogen functional groups attached to an aromatic ring is 1. The van der Waals surface area contributed by atoms with E-state index in [1.165, 1.54) is 18.2 Å². The monoisotopic (exact) mass is 286 g/mol. The van der Waals surface area contributed by atoms with E-state index in [2.05, 4.69) is 5.32 Å². The van der Waals surface area contributed by atoms with Gasteiger partial charge in [-0.3, -0.25) is 9.00 Å². The summed E-state index contributed by atoms with van der Waals surface area (Å²) in [5, 5.41) is 2.50. The first-order valence-corrected chi connectivity index (χ1v) is 7.41. The molecule has 0 aliphatic carbocycles. The third-order valence-electron chi connectivity index (χ3n) is 2.91. The van der Waals surface area contributed by atoms with E-state index in [0.717, 1.165) is 0 Å². The molecule has 0 bridgehead atoms. The molecule has 19 heavy (non-hydrogen) atoms. The van der Waals surface area contributed by atoms with E-state index in [0.29, 0.717) is 5.69 Å². The third-order valence-corrected chi connectivity index (χ3v) is 4.83. The van der Waals surface area contributed by atoms with E-state index in [1.807, 2.05) is 20.8 Å². The quantitative estimate of drug-likeness (QED) is 0.815. The second kappa shape index (κ2) is 6.65. The average molecular weight is 286 g/mol. The number of carbonyl (C=O) groups is 1. The lowest BCUT2D eigenvalue weighted by Gasteiger charge is -2.14. The molecule has 0 saturated heterocycles.